The van der Waals surface area contributed by atoms with Crippen LogP contribution >= 0.6 is 34.3 Å². The Morgan fingerprint density at radius 3 is 2.90 bits per heavy atom. The van der Waals surface area contributed by atoms with Crippen LogP contribution in [-0.2, 0) is 6.54 Å². The van der Waals surface area contributed by atoms with Crippen molar-refractivity contribution < 1.29 is 4.79 Å². The molecule has 4 nitrogen and oxygen atoms in total. The Labute approximate surface area is 136 Å². The Balaban J connectivity index is 2.16. The first-order chi connectivity index (χ1) is 10.0. The fourth-order valence-electron chi connectivity index (χ4n) is 1.76. The molecule has 1 atom stereocenters. The number of carbonyl (C=O) groups excluding carboxylic acids is 1. The Morgan fingerprint density at radius 2 is 2.38 bits per heavy atom. The molecule has 0 saturated heterocycles. The number of nitrogens with zero attached hydrogens (tertiary/aromatic N) is 2. The van der Waals surface area contributed by atoms with Crippen molar-refractivity contribution in [1.82, 2.24) is 9.88 Å². The second kappa shape index (κ2) is 7.17. The van der Waals surface area contributed by atoms with Gasteiger partial charge in [0.1, 0.15) is 10.7 Å². The van der Waals surface area contributed by atoms with E-state index < -0.39 is 0 Å². The van der Waals surface area contributed by atoms with Crippen molar-refractivity contribution >= 4 is 40.2 Å². The van der Waals surface area contributed by atoms with E-state index in [9.17, 15) is 4.79 Å². The molecule has 1 unspecified atom stereocenters. The van der Waals surface area contributed by atoms with Crippen LogP contribution < -0.4 is 5.73 Å². The molecular formula is C14H16ClN3OS2. The maximum Gasteiger partial charge on any atom is 0.273 e. The number of nitrogens with two attached hydrogens (primary N) is 1. The number of amides is 1. The largest absolute Gasteiger partial charge is 0.328 e. The molecule has 7 heteroatoms. The topological polar surface area (TPSA) is 59.2 Å². The van der Waals surface area contributed by atoms with Gasteiger partial charge in [-0.3, -0.25) is 4.79 Å². The van der Waals surface area contributed by atoms with Crippen LogP contribution in [-0.4, -0.2) is 22.3 Å². The number of carbonyl (C=O) groups is 1. The molecule has 2 aromatic rings. The highest BCUT2D eigenvalue weighted by molar-refractivity contribution is 7.16. The number of hydrogen-bond acceptors (Lipinski definition) is 5. The van der Waals surface area contributed by atoms with Crippen LogP contribution in [0, 0.1) is 0 Å². The average molecular weight is 342 g/mol. The van der Waals surface area contributed by atoms with Crippen molar-refractivity contribution in [3.05, 3.63) is 50.1 Å². The smallest absolute Gasteiger partial charge is 0.273 e. The van der Waals surface area contributed by atoms with Crippen molar-refractivity contribution in [2.75, 3.05) is 6.54 Å². The van der Waals surface area contributed by atoms with Gasteiger partial charge >= 0.3 is 0 Å². The van der Waals surface area contributed by atoms with Crippen molar-refractivity contribution in [3.63, 3.8) is 0 Å². The number of halogens is 1. The third-order valence-electron chi connectivity index (χ3n) is 2.74. The highest BCUT2D eigenvalue weighted by Crippen LogP contribution is 2.24. The lowest BCUT2D eigenvalue weighted by molar-refractivity contribution is 0.0759. The van der Waals surface area contributed by atoms with Gasteiger partial charge in [-0.25, -0.2) is 4.98 Å². The van der Waals surface area contributed by atoms with Crippen molar-refractivity contribution in [3.8, 4) is 0 Å². The second-order valence-electron chi connectivity index (χ2n) is 4.54. The number of rotatable bonds is 6. The van der Waals surface area contributed by atoms with Gasteiger partial charge in [0.25, 0.3) is 5.91 Å². The Hall–Kier alpha value is -1.21. The van der Waals surface area contributed by atoms with E-state index in [-0.39, 0.29) is 11.9 Å². The third-order valence-corrected chi connectivity index (χ3v) is 5.00. The summed E-state index contributed by atoms with van der Waals surface area (Å²) < 4.78 is 0.712. The minimum Gasteiger partial charge on any atom is -0.328 e. The minimum atomic E-state index is -0.166. The summed E-state index contributed by atoms with van der Waals surface area (Å²) in [6.07, 6.45) is 1.70. The highest BCUT2D eigenvalue weighted by atomic mass is 35.5. The molecular weight excluding hydrogens is 326 g/mol. The molecule has 2 aromatic heterocycles. The summed E-state index contributed by atoms with van der Waals surface area (Å²) in [4.78, 5) is 19.6. The molecule has 0 aliphatic carbocycles. The lowest BCUT2D eigenvalue weighted by Crippen LogP contribution is -2.30. The van der Waals surface area contributed by atoms with Gasteiger partial charge in [-0.1, -0.05) is 17.7 Å². The van der Waals surface area contributed by atoms with E-state index in [4.69, 9.17) is 17.3 Å². The average Bonchev–Trinajstić information content (AvgIpc) is 3.06. The number of thiazole rings is 1. The van der Waals surface area contributed by atoms with E-state index in [2.05, 4.69) is 11.6 Å². The van der Waals surface area contributed by atoms with Gasteiger partial charge in [0, 0.05) is 16.8 Å². The molecule has 112 valence electrons. The van der Waals surface area contributed by atoms with Crippen LogP contribution in [0.5, 0.6) is 0 Å². The number of thiophene rings is 1. The number of hydrogen-bond donors (Lipinski definition) is 1. The summed E-state index contributed by atoms with van der Waals surface area (Å²) in [5.41, 5.74) is 6.21. The first kappa shape index (κ1) is 16.2. The fourth-order valence-corrected chi connectivity index (χ4v) is 3.61. The predicted octanol–water partition coefficient (Wildman–Crippen LogP) is 3.71. The highest BCUT2D eigenvalue weighted by Gasteiger charge is 2.19. The molecule has 0 aliphatic rings. The molecule has 0 saturated carbocycles. The Kier molecular flexibility index (Phi) is 5.52. The molecule has 21 heavy (non-hydrogen) atoms. The Bertz CT molecular complexity index is 636. The van der Waals surface area contributed by atoms with Gasteiger partial charge in [0.05, 0.1) is 16.9 Å². The monoisotopic (exact) mass is 341 g/mol. The molecule has 1 amide bonds. The lowest BCUT2D eigenvalue weighted by Gasteiger charge is -2.19. The lowest BCUT2D eigenvalue weighted by atomic mass is 10.3. The molecule has 2 N–H and O–H groups in total. The molecule has 0 aromatic carbocycles. The maximum absolute atomic E-state index is 12.5. The van der Waals surface area contributed by atoms with E-state index in [1.165, 1.54) is 22.7 Å². The van der Waals surface area contributed by atoms with E-state index >= 15 is 0 Å². The summed E-state index contributed by atoms with van der Waals surface area (Å²) in [5.74, 6) is -0.123. The van der Waals surface area contributed by atoms with Crippen molar-refractivity contribution in [1.29, 1.82) is 0 Å². The van der Waals surface area contributed by atoms with Crippen LogP contribution in [0.2, 0.25) is 4.34 Å². The van der Waals surface area contributed by atoms with E-state index in [0.29, 0.717) is 23.1 Å². The third kappa shape index (κ3) is 4.14. The van der Waals surface area contributed by atoms with E-state index in [1.54, 1.807) is 16.4 Å². The van der Waals surface area contributed by atoms with Crippen molar-refractivity contribution in [2.24, 2.45) is 5.73 Å². The van der Waals surface area contributed by atoms with Crippen LogP contribution in [0.4, 0.5) is 0 Å². The zero-order valence-electron chi connectivity index (χ0n) is 11.6. The maximum atomic E-state index is 12.5. The first-order valence-corrected chi connectivity index (χ1v) is 8.44. The van der Waals surface area contributed by atoms with Gasteiger partial charge in [0.15, 0.2) is 0 Å². The molecule has 0 radical (unpaired) electrons. The zero-order valence-corrected chi connectivity index (χ0v) is 14.0. The summed E-state index contributed by atoms with van der Waals surface area (Å²) in [7, 11) is 0. The van der Waals surface area contributed by atoms with Gasteiger partial charge < -0.3 is 10.6 Å². The predicted molar refractivity (Wildman–Crippen MR) is 89.0 cm³/mol. The van der Waals surface area contributed by atoms with E-state index in [1.807, 2.05) is 19.1 Å². The van der Waals surface area contributed by atoms with Crippen LogP contribution in [0.3, 0.4) is 0 Å². The van der Waals surface area contributed by atoms with Crippen molar-refractivity contribution in [2.45, 2.75) is 19.5 Å². The fraction of sp³-hybridized carbons (Fsp3) is 0.286. The van der Waals surface area contributed by atoms with Gasteiger partial charge in [-0.15, -0.1) is 29.3 Å². The van der Waals surface area contributed by atoms with Gasteiger partial charge in [0.2, 0.25) is 0 Å². The van der Waals surface area contributed by atoms with Crippen LogP contribution in [0.1, 0.15) is 33.3 Å². The minimum absolute atomic E-state index is 0.123. The summed E-state index contributed by atoms with van der Waals surface area (Å²) in [6, 6.07) is 3.58. The van der Waals surface area contributed by atoms with Crippen LogP contribution in [0.25, 0.3) is 0 Å². The Morgan fingerprint density at radius 1 is 1.62 bits per heavy atom. The SMILES string of the molecule is C=CCN(Cc1ccc(Cl)s1)C(=O)c1csc(C(C)N)n1. The normalized spacial score (nSPS) is 12.1. The van der Waals surface area contributed by atoms with Crippen LogP contribution in [0.15, 0.2) is 30.2 Å². The second-order valence-corrected chi connectivity index (χ2v) is 7.23. The van der Waals surface area contributed by atoms with E-state index in [0.717, 1.165) is 9.88 Å². The molecule has 0 spiro atoms. The number of aromatic nitrogens is 1. The standard InChI is InChI=1S/C14H16ClN3OS2/c1-3-6-18(7-10-4-5-12(15)21-10)14(19)11-8-20-13(17-11)9(2)16/h3-5,8-9H,1,6-7,16H2,2H3. The summed E-state index contributed by atoms with van der Waals surface area (Å²) >= 11 is 8.79. The summed E-state index contributed by atoms with van der Waals surface area (Å²) in [5, 5.41) is 2.51. The van der Waals surface area contributed by atoms with Gasteiger partial charge in [-0.2, -0.15) is 0 Å². The quantitative estimate of drug-likeness (QED) is 0.815. The molecule has 2 heterocycles. The molecule has 0 aliphatic heterocycles. The zero-order chi connectivity index (χ0) is 15.4. The first-order valence-electron chi connectivity index (χ1n) is 6.36. The molecule has 0 bridgehead atoms. The van der Waals surface area contributed by atoms with Gasteiger partial charge in [-0.05, 0) is 19.1 Å². The summed E-state index contributed by atoms with van der Waals surface area (Å²) in [6.45, 7) is 6.50. The molecule has 0 fully saturated rings. The molecule has 2 rings (SSSR count).